The Morgan fingerprint density at radius 1 is 1.20 bits per heavy atom. The van der Waals surface area contributed by atoms with E-state index in [4.69, 9.17) is 16.1 Å². The number of nitrogens with zero attached hydrogens (tertiary/aromatic N) is 1. The molecule has 0 bridgehead atoms. The number of carbonyl (C=O) groups is 2. The van der Waals surface area contributed by atoms with Crippen LogP contribution >= 0.6 is 22.9 Å². The van der Waals surface area contributed by atoms with Crippen molar-refractivity contribution in [3.63, 3.8) is 0 Å². The maximum absolute atomic E-state index is 12.9. The predicted molar refractivity (Wildman–Crippen MR) is 115 cm³/mol. The molecule has 1 aromatic carbocycles. The van der Waals surface area contributed by atoms with Crippen LogP contribution in [0, 0.1) is 20.8 Å². The zero-order valence-corrected chi connectivity index (χ0v) is 18.9. The zero-order chi connectivity index (χ0) is 22.2. The third-order valence-corrected chi connectivity index (χ3v) is 6.95. The fraction of sp³-hybridized carbons (Fsp3) is 0.211. The number of aromatic nitrogens is 1. The van der Waals surface area contributed by atoms with Crippen LogP contribution in [0.15, 0.2) is 33.2 Å². The molecule has 0 saturated heterocycles. The number of amides is 1. The summed E-state index contributed by atoms with van der Waals surface area (Å²) in [5.74, 6) is -0.753. The molecule has 158 valence electrons. The molecule has 0 spiro atoms. The highest BCUT2D eigenvalue weighted by Crippen LogP contribution is 2.31. The quantitative estimate of drug-likeness (QED) is 0.512. The van der Waals surface area contributed by atoms with Crippen molar-refractivity contribution in [2.45, 2.75) is 32.8 Å². The van der Waals surface area contributed by atoms with E-state index < -0.39 is 21.0 Å². The molecule has 0 unspecified atom stereocenters. The Morgan fingerprint density at radius 3 is 2.50 bits per heavy atom. The summed E-state index contributed by atoms with van der Waals surface area (Å²) in [5.41, 5.74) is 2.65. The van der Waals surface area contributed by atoms with Gasteiger partial charge in [-0.25, -0.2) is 0 Å². The first kappa shape index (κ1) is 22.0. The van der Waals surface area contributed by atoms with Gasteiger partial charge < -0.3 is 9.84 Å². The molecule has 2 heterocycles. The van der Waals surface area contributed by atoms with Crippen molar-refractivity contribution in [3.05, 3.63) is 55.9 Å². The summed E-state index contributed by atoms with van der Waals surface area (Å²) in [5, 5.41) is 7.15. The highest BCUT2D eigenvalue weighted by Gasteiger charge is 2.28. The van der Waals surface area contributed by atoms with Gasteiger partial charge in [0.05, 0.1) is 11.4 Å². The molecule has 0 radical (unpaired) electrons. The minimum absolute atomic E-state index is 0.0526. The first-order valence-corrected chi connectivity index (χ1v) is 11.4. The van der Waals surface area contributed by atoms with Crippen molar-refractivity contribution in [1.29, 1.82) is 0 Å². The smallest absolute Gasteiger partial charge is 0.299 e. The summed E-state index contributed by atoms with van der Waals surface area (Å²) >= 11 is 6.98. The van der Waals surface area contributed by atoms with E-state index in [-0.39, 0.29) is 27.1 Å². The Kier molecular flexibility index (Phi) is 6.02. The molecule has 8 nitrogen and oxygen atoms in total. The third-order valence-electron chi connectivity index (χ3n) is 4.22. The summed E-state index contributed by atoms with van der Waals surface area (Å²) in [6.45, 7) is 6.55. The number of sulfonamides is 1. The number of thiophene rings is 1. The summed E-state index contributed by atoms with van der Waals surface area (Å²) in [4.78, 5) is 25.0. The van der Waals surface area contributed by atoms with Gasteiger partial charge in [0, 0.05) is 5.56 Å². The van der Waals surface area contributed by atoms with E-state index in [1.807, 2.05) is 13.0 Å². The lowest BCUT2D eigenvalue weighted by Gasteiger charge is -2.14. The van der Waals surface area contributed by atoms with E-state index in [1.165, 1.54) is 19.9 Å². The largest absolute Gasteiger partial charge is 0.341 e. The number of ketones is 1. The van der Waals surface area contributed by atoms with Crippen LogP contribution in [-0.2, 0) is 10.0 Å². The van der Waals surface area contributed by atoms with Crippen molar-refractivity contribution in [1.82, 2.24) is 5.16 Å². The summed E-state index contributed by atoms with van der Waals surface area (Å²) in [6.07, 6.45) is 0. The Labute approximate surface area is 182 Å². The Balaban J connectivity index is 1.92. The first-order valence-electron chi connectivity index (χ1n) is 8.67. The number of nitrogens with one attached hydrogen (secondary N) is 2. The van der Waals surface area contributed by atoms with Crippen molar-refractivity contribution in [2.75, 3.05) is 10.0 Å². The molecule has 0 atom stereocenters. The third kappa shape index (κ3) is 4.25. The Hall–Kier alpha value is -2.69. The lowest BCUT2D eigenvalue weighted by molar-refractivity contribution is 0.101. The fourth-order valence-electron chi connectivity index (χ4n) is 2.84. The number of anilines is 2. The van der Waals surface area contributed by atoms with Crippen LogP contribution in [-0.4, -0.2) is 25.3 Å². The van der Waals surface area contributed by atoms with Gasteiger partial charge in [-0.1, -0.05) is 22.8 Å². The SMILES string of the molecule is CC(=O)c1cc(C)cc(C)c1NC(=O)c1sccc1NS(=O)(=O)c1onc(C)c1Cl. The van der Waals surface area contributed by atoms with Crippen LogP contribution in [0.25, 0.3) is 0 Å². The van der Waals surface area contributed by atoms with Crippen LogP contribution in [0.4, 0.5) is 11.4 Å². The number of benzene rings is 1. The van der Waals surface area contributed by atoms with Crippen LogP contribution in [0.3, 0.4) is 0 Å². The number of hydrogen-bond acceptors (Lipinski definition) is 7. The number of halogens is 1. The molecule has 0 saturated carbocycles. The Morgan fingerprint density at radius 2 is 1.90 bits per heavy atom. The van der Waals surface area contributed by atoms with Crippen molar-refractivity contribution in [3.8, 4) is 0 Å². The van der Waals surface area contributed by atoms with E-state index in [1.54, 1.807) is 18.4 Å². The van der Waals surface area contributed by atoms with Gasteiger partial charge in [0.25, 0.3) is 21.0 Å². The monoisotopic (exact) mass is 467 g/mol. The van der Waals surface area contributed by atoms with Gasteiger partial charge in [-0.15, -0.1) is 11.3 Å². The van der Waals surface area contributed by atoms with Crippen LogP contribution in [0.2, 0.25) is 5.02 Å². The second-order valence-electron chi connectivity index (χ2n) is 6.65. The van der Waals surface area contributed by atoms with Gasteiger partial charge in [-0.2, -0.15) is 8.42 Å². The topological polar surface area (TPSA) is 118 Å². The standard InChI is InChI=1S/C19H18ClN3O5S2/c1-9-7-10(2)16(13(8-9)12(4)24)21-18(25)17-14(5-6-29-17)23-30(26,27)19-15(20)11(3)22-28-19/h5-8,23H,1-4H3,(H,21,25). The molecule has 2 aromatic heterocycles. The number of aryl methyl sites for hydroxylation is 3. The normalized spacial score (nSPS) is 11.4. The number of carbonyl (C=O) groups excluding carboxylic acids is 2. The second-order valence-corrected chi connectivity index (χ2v) is 9.53. The minimum Gasteiger partial charge on any atom is -0.341 e. The van der Waals surface area contributed by atoms with E-state index in [0.29, 0.717) is 11.3 Å². The van der Waals surface area contributed by atoms with Crippen molar-refractivity contribution < 1.29 is 22.5 Å². The van der Waals surface area contributed by atoms with E-state index in [2.05, 4.69) is 15.2 Å². The van der Waals surface area contributed by atoms with Gasteiger partial charge in [0.15, 0.2) is 5.78 Å². The first-order chi connectivity index (χ1) is 14.0. The highest BCUT2D eigenvalue weighted by atomic mass is 35.5. The predicted octanol–water partition coefficient (Wildman–Crippen LogP) is 4.57. The minimum atomic E-state index is -4.20. The molecule has 0 aliphatic rings. The molecule has 30 heavy (non-hydrogen) atoms. The van der Waals surface area contributed by atoms with E-state index in [0.717, 1.165) is 22.5 Å². The van der Waals surface area contributed by atoms with Crippen molar-refractivity contribution >= 4 is 56.0 Å². The lowest BCUT2D eigenvalue weighted by Crippen LogP contribution is -2.18. The van der Waals surface area contributed by atoms with Gasteiger partial charge in [0.1, 0.15) is 15.6 Å². The zero-order valence-electron chi connectivity index (χ0n) is 16.5. The fourth-order valence-corrected chi connectivity index (χ4v) is 5.10. The number of Topliss-reactive ketones (excluding diaryl/α,β-unsaturated/α-hetero) is 1. The number of hydrogen-bond donors (Lipinski definition) is 2. The molecular weight excluding hydrogens is 450 g/mol. The van der Waals surface area contributed by atoms with Crippen LogP contribution < -0.4 is 10.0 Å². The molecule has 0 aliphatic carbocycles. The lowest BCUT2D eigenvalue weighted by atomic mass is 10.0. The Bertz CT molecular complexity index is 1260. The molecular formula is C19H18ClN3O5S2. The maximum atomic E-state index is 12.9. The van der Waals surface area contributed by atoms with Crippen LogP contribution in [0.1, 0.15) is 43.8 Å². The molecule has 2 N–H and O–H groups in total. The molecule has 11 heteroatoms. The summed E-state index contributed by atoms with van der Waals surface area (Å²) < 4.78 is 32.3. The highest BCUT2D eigenvalue weighted by molar-refractivity contribution is 7.92. The van der Waals surface area contributed by atoms with Gasteiger partial charge in [-0.3, -0.25) is 14.3 Å². The van der Waals surface area contributed by atoms with Gasteiger partial charge in [0.2, 0.25) is 0 Å². The van der Waals surface area contributed by atoms with Crippen LogP contribution in [0.5, 0.6) is 0 Å². The average Bonchev–Trinajstić information content (AvgIpc) is 3.23. The van der Waals surface area contributed by atoms with Crippen molar-refractivity contribution in [2.24, 2.45) is 0 Å². The average molecular weight is 468 g/mol. The molecule has 3 rings (SSSR count). The van der Waals surface area contributed by atoms with Gasteiger partial charge in [-0.05, 0) is 56.3 Å². The molecule has 0 fully saturated rings. The van der Waals surface area contributed by atoms with E-state index >= 15 is 0 Å². The molecule has 1 amide bonds. The van der Waals surface area contributed by atoms with Gasteiger partial charge >= 0.3 is 0 Å². The molecule has 3 aromatic rings. The van der Waals surface area contributed by atoms with E-state index in [9.17, 15) is 18.0 Å². The maximum Gasteiger partial charge on any atom is 0.299 e. The second kappa shape index (κ2) is 8.21. The summed E-state index contributed by atoms with van der Waals surface area (Å²) in [6, 6.07) is 4.98. The molecule has 0 aliphatic heterocycles. The summed E-state index contributed by atoms with van der Waals surface area (Å²) in [7, 11) is -4.20. The number of rotatable bonds is 6.